The fourth-order valence-corrected chi connectivity index (χ4v) is 5.33. The molecule has 0 aliphatic carbocycles. The molecule has 166 valence electrons. The van der Waals surface area contributed by atoms with Crippen molar-refractivity contribution in [2.24, 2.45) is 0 Å². The van der Waals surface area contributed by atoms with Crippen LogP contribution in [0.2, 0.25) is 0 Å². The van der Waals surface area contributed by atoms with Crippen LogP contribution >= 0.6 is 23.1 Å². The SMILES string of the molecule is CCOc1cc(/C=c2/sc3nc4ccccc4n3c2=O)ccc1OCCSc1ccccc1. The normalized spacial score (nSPS) is 12.0. The Kier molecular flexibility index (Phi) is 6.32. The Labute approximate surface area is 199 Å². The van der Waals surface area contributed by atoms with E-state index in [1.54, 1.807) is 16.2 Å². The van der Waals surface area contributed by atoms with Crippen molar-refractivity contribution in [3.05, 3.63) is 93.2 Å². The van der Waals surface area contributed by atoms with Gasteiger partial charge in [-0.3, -0.25) is 4.79 Å². The molecule has 5 rings (SSSR count). The van der Waals surface area contributed by atoms with E-state index >= 15 is 0 Å². The van der Waals surface area contributed by atoms with E-state index in [2.05, 4.69) is 17.1 Å². The van der Waals surface area contributed by atoms with Crippen molar-refractivity contribution < 1.29 is 9.47 Å². The molecule has 5 nitrogen and oxygen atoms in total. The number of hydrogen-bond donors (Lipinski definition) is 0. The number of benzene rings is 3. The standard InChI is InChI=1S/C26H22N2O3S2/c1-2-30-23-16-18(12-13-22(23)31-14-15-32-19-8-4-3-5-9-19)17-24-25(29)28-21-11-7-6-10-20(21)27-26(28)33-24/h3-13,16-17H,2,14-15H2,1H3/b24-17+. The van der Waals surface area contributed by atoms with Crippen LogP contribution in [0.5, 0.6) is 11.5 Å². The first-order chi connectivity index (χ1) is 16.2. The lowest BCUT2D eigenvalue weighted by Crippen LogP contribution is -2.22. The average molecular weight is 475 g/mol. The summed E-state index contributed by atoms with van der Waals surface area (Å²) in [6.07, 6.45) is 1.88. The number of fused-ring (bicyclic) bond motifs is 3. The predicted molar refractivity (Wildman–Crippen MR) is 136 cm³/mol. The lowest BCUT2D eigenvalue weighted by molar-refractivity contribution is 0.289. The van der Waals surface area contributed by atoms with Gasteiger partial charge in [0.05, 0.1) is 28.8 Å². The summed E-state index contributed by atoms with van der Waals surface area (Å²) in [6, 6.07) is 23.7. The second-order valence-electron chi connectivity index (χ2n) is 7.28. The molecule has 2 heterocycles. The molecule has 0 aliphatic rings. The highest BCUT2D eigenvalue weighted by molar-refractivity contribution is 7.99. The molecule has 0 fully saturated rings. The minimum absolute atomic E-state index is 0.0556. The summed E-state index contributed by atoms with van der Waals surface area (Å²) in [5, 5.41) is 0. The Morgan fingerprint density at radius 3 is 2.67 bits per heavy atom. The Morgan fingerprint density at radius 2 is 1.82 bits per heavy atom. The first-order valence-electron chi connectivity index (χ1n) is 10.7. The van der Waals surface area contributed by atoms with Gasteiger partial charge in [0.15, 0.2) is 16.5 Å². The third kappa shape index (κ3) is 4.60. The first-order valence-corrected chi connectivity index (χ1v) is 12.5. The van der Waals surface area contributed by atoms with Crippen molar-refractivity contribution in [2.45, 2.75) is 11.8 Å². The fourth-order valence-electron chi connectivity index (χ4n) is 3.59. The molecule has 33 heavy (non-hydrogen) atoms. The first kappa shape index (κ1) is 21.6. The maximum absolute atomic E-state index is 13.0. The van der Waals surface area contributed by atoms with Crippen molar-refractivity contribution in [3.63, 3.8) is 0 Å². The number of thioether (sulfide) groups is 1. The molecule has 0 radical (unpaired) electrons. The van der Waals surface area contributed by atoms with E-state index in [4.69, 9.17) is 9.47 Å². The van der Waals surface area contributed by atoms with Crippen LogP contribution in [0.15, 0.2) is 82.5 Å². The number of rotatable bonds is 8. The van der Waals surface area contributed by atoms with Gasteiger partial charge in [0, 0.05) is 10.6 Å². The summed E-state index contributed by atoms with van der Waals surface area (Å²) in [5.74, 6) is 2.22. The molecule has 0 spiro atoms. The minimum atomic E-state index is -0.0556. The van der Waals surface area contributed by atoms with Gasteiger partial charge in [-0.05, 0) is 55.0 Å². The number of para-hydroxylation sites is 2. The summed E-state index contributed by atoms with van der Waals surface area (Å²) in [4.78, 5) is 19.5. The highest BCUT2D eigenvalue weighted by atomic mass is 32.2. The number of thiazole rings is 1. The van der Waals surface area contributed by atoms with Gasteiger partial charge in [0.25, 0.3) is 5.56 Å². The van der Waals surface area contributed by atoms with Crippen molar-refractivity contribution in [1.82, 2.24) is 9.38 Å². The molecule has 7 heteroatoms. The molecule has 0 atom stereocenters. The Balaban J connectivity index is 1.37. The van der Waals surface area contributed by atoms with Gasteiger partial charge in [0.2, 0.25) is 0 Å². The summed E-state index contributed by atoms with van der Waals surface area (Å²) in [7, 11) is 0. The number of imidazole rings is 1. The van der Waals surface area contributed by atoms with Crippen LogP contribution in [0.25, 0.3) is 22.1 Å². The lowest BCUT2D eigenvalue weighted by Gasteiger charge is -2.12. The molecule has 0 unspecified atom stereocenters. The maximum atomic E-state index is 13.0. The molecular weight excluding hydrogens is 452 g/mol. The monoisotopic (exact) mass is 474 g/mol. The van der Waals surface area contributed by atoms with Gasteiger partial charge in [0.1, 0.15) is 0 Å². The van der Waals surface area contributed by atoms with E-state index in [0.29, 0.717) is 34.2 Å². The zero-order valence-electron chi connectivity index (χ0n) is 18.1. The van der Waals surface area contributed by atoms with E-state index in [0.717, 1.165) is 22.3 Å². The van der Waals surface area contributed by atoms with Crippen LogP contribution < -0.4 is 19.6 Å². The van der Waals surface area contributed by atoms with Crippen LogP contribution in [0, 0.1) is 0 Å². The van der Waals surface area contributed by atoms with Gasteiger partial charge < -0.3 is 9.47 Å². The second kappa shape index (κ2) is 9.68. The minimum Gasteiger partial charge on any atom is -0.490 e. The summed E-state index contributed by atoms with van der Waals surface area (Å²) >= 11 is 3.15. The smallest absolute Gasteiger partial charge is 0.274 e. The zero-order chi connectivity index (χ0) is 22.6. The van der Waals surface area contributed by atoms with E-state index in [9.17, 15) is 4.79 Å². The van der Waals surface area contributed by atoms with Gasteiger partial charge in [-0.25, -0.2) is 9.38 Å². The number of nitrogens with zero attached hydrogens (tertiary/aromatic N) is 2. The van der Waals surface area contributed by atoms with E-state index < -0.39 is 0 Å². The van der Waals surface area contributed by atoms with Gasteiger partial charge in [-0.2, -0.15) is 0 Å². The van der Waals surface area contributed by atoms with Gasteiger partial charge >= 0.3 is 0 Å². The van der Waals surface area contributed by atoms with E-state index in [1.165, 1.54) is 16.2 Å². The zero-order valence-corrected chi connectivity index (χ0v) is 19.7. The molecule has 0 bridgehead atoms. The lowest BCUT2D eigenvalue weighted by atomic mass is 10.2. The highest BCUT2D eigenvalue weighted by Crippen LogP contribution is 2.29. The molecule has 5 aromatic rings. The van der Waals surface area contributed by atoms with E-state index in [-0.39, 0.29) is 5.56 Å². The third-order valence-electron chi connectivity index (χ3n) is 5.06. The molecule has 0 amide bonds. The molecule has 0 saturated carbocycles. The van der Waals surface area contributed by atoms with Crippen molar-refractivity contribution >= 4 is 45.2 Å². The number of ether oxygens (including phenoxy) is 2. The summed E-state index contributed by atoms with van der Waals surface area (Å²) < 4.78 is 14.1. The largest absolute Gasteiger partial charge is 0.490 e. The summed E-state index contributed by atoms with van der Waals surface area (Å²) in [6.45, 7) is 3.05. The van der Waals surface area contributed by atoms with Gasteiger partial charge in [-0.1, -0.05) is 47.7 Å². The Morgan fingerprint density at radius 1 is 1.00 bits per heavy atom. The van der Waals surface area contributed by atoms with Crippen LogP contribution in [-0.4, -0.2) is 28.4 Å². The van der Waals surface area contributed by atoms with Crippen LogP contribution in [0.4, 0.5) is 0 Å². The summed E-state index contributed by atoms with van der Waals surface area (Å²) in [5.41, 5.74) is 2.49. The molecule has 3 aromatic carbocycles. The molecule has 2 aromatic heterocycles. The number of aromatic nitrogens is 2. The number of hydrogen-bond acceptors (Lipinski definition) is 6. The Bertz CT molecular complexity index is 1510. The predicted octanol–water partition coefficient (Wildman–Crippen LogP) is 5.03. The van der Waals surface area contributed by atoms with Gasteiger partial charge in [-0.15, -0.1) is 11.8 Å². The van der Waals surface area contributed by atoms with Crippen molar-refractivity contribution in [1.29, 1.82) is 0 Å². The quantitative estimate of drug-likeness (QED) is 0.233. The molecule has 0 N–H and O–H groups in total. The highest BCUT2D eigenvalue weighted by Gasteiger charge is 2.11. The molecule has 0 aliphatic heterocycles. The average Bonchev–Trinajstić information content (AvgIpc) is 3.35. The third-order valence-corrected chi connectivity index (χ3v) is 7.01. The van der Waals surface area contributed by atoms with E-state index in [1.807, 2.05) is 73.7 Å². The fraction of sp³-hybridized carbons (Fsp3) is 0.154. The van der Waals surface area contributed by atoms with Crippen LogP contribution in [0.1, 0.15) is 12.5 Å². The van der Waals surface area contributed by atoms with Crippen LogP contribution in [-0.2, 0) is 0 Å². The van der Waals surface area contributed by atoms with Crippen molar-refractivity contribution in [2.75, 3.05) is 19.0 Å². The maximum Gasteiger partial charge on any atom is 0.274 e. The Hall–Kier alpha value is -3.29. The second-order valence-corrected chi connectivity index (χ2v) is 9.46. The van der Waals surface area contributed by atoms with Crippen LogP contribution in [0.3, 0.4) is 0 Å². The topological polar surface area (TPSA) is 52.8 Å². The molecular formula is C26H22N2O3S2. The van der Waals surface area contributed by atoms with Crippen molar-refractivity contribution in [3.8, 4) is 11.5 Å². The molecule has 0 saturated heterocycles.